The minimum absolute atomic E-state index is 0.0538. The SMILES string of the molecule is COc1ccc(C(=O)N(C2CC2)[C@H](C)C2CC2)cc1S(=O)(=O)N1CCCCCC1. The molecule has 0 bridgehead atoms. The van der Waals surface area contributed by atoms with Crippen LogP contribution in [0.2, 0.25) is 0 Å². The second-order valence-corrected chi connectivity index (χ2v) is 10.6. The van der Waals surface area contributed by atoms with Crippen LogP contribution < -0.4 is 4.74 Å². The molecular formula is C22H32N2O4S. The lowest BCUT2D eigenvalue weighted by Crippen LogP contribution is -2.41. The molecular weight excluding hydrogens is 388 g/mol. The van der Waals surface area contributed by atoms with Crippen LogP contribution in [0.5, 0.6) is 5.75 Å². The fraction of sp³-hybridized carbons (Fsp3) is 0.682. The molecule has 4 rings (SSSR count). The van der Waals surface area contributed by atoms with Crippen LogP contribution in [0, 0.1) is 5.92 Å². The van der Waals surface area contributed by atoms with E-state index in [0.29, 0.717) is 36.4 Å². The lowest BCUT2D eigenvalue weighted by atomic mass is 10.1. The Morgan fingerprint density at radius 1 is 1.10 bits per heavy atom. The second kappa shape index (κ2) is 8.26. The highest BCUT2D eigenvalue weighted by atomic mass is 32.2. The normalized spacial score (nSPS) is 22.0. The zero-order valence-electron chi connectivity index (χ0n) is 17.5. The number of nitrogens with zero attached hydrogens (tertiary/aromatic N) is 2. The predicted octanol–water partition coefficient (Wildman–Crippen LogP) is 3.66. The Balaban J connectivity index is 1.66. The lowest BCUT2D eigenvalue weighted by molar-refractivity contribution is 0.0654. The molecule has 2 aliphatic carbocycles. The van der Waals surface area contributed by atoms with Gasteiger partial charge in [0.25, 0.3) is 5.91 Å². The molecule has 1 amide bonds. The summed E-state index contributed by atoms with van der Waals surface area (Å²) in [4.78, 5) is 15.5. The largest absolute Gasteiger partial charge is 0.495 e. The standard InChI is InChI=1S/C22H32N2O4S/c1-16(17-7-8-17)24(19-10-11-19)22(25)18-9-12-20(28-2)21(15-18)29(26,27)23-13-5-3-4-6-14-23/h9,12,15-17,19H,3-8,10-11,13-14H2,1-2H3/t16-/m1/s1. The molecule has 0 unspecified atom stereocenters. The van der Waals surface area contributed by atoms with Crippen LogP contribution in [0.1, 0.15) is 68.6 Å². The molecule has 29 heavy (non-hydrogen) atoms. The second-order valence-electron chi connectivity index (χ2n) is 8.71. The molecule has 0 aromatic heterocycles. The van der Waals surface area contributed by atoms with Gasteiger partial charge in [0.1, 0.15) is 10.6 Å². The number of methoxy groups -OCH3 is 1. The minimum Gasteiger partial charge on any atom is -0.495 e. The maximum absolute atomic E-state index is 13.4. The number of carbonyl (C=O) groups is 1. The van der Waals surface area contributed by atoms with E-state index >= 15 is 0 Å². The van der Waals surface area contributed by atoms with Gasteiger partial charge in [0, 0.05) is 30.7 Å². The van der Waals surface area contributed by atoms with E-state index in [1.54, 1.807) is 16.4 Å². The zero-order chi connectivity index (χ0) is 20.6. The van der Waals surface area contributed by atoms with Gasteiger partial charge in [-0.25, -0.2) is 8.42 Å². The Kier molecular flexibility index (Phi) is 5.89. The van der Waals surface area contributed by atoms with Crippen LogP contribution in [0.3, 0.4) is 0 Å². The maximum atomic E-state index is 13.4. The molecule has 1 aromatic carbocycles. The quantitative estimate of drug-likeness (QED) is 0.675. The zero-order valence-corrected chi connectivity index (χ0v) is 18.3. The summed E-state index contributed by atoms with van der Waals surface area (Å²) >= 11 is 0. The molecule has 3 aliphatic rings. The van der Waals surface area contributed by atoms with E-state index < -0.39 is 10.0 Å². The van der Waals surface area contributed by atoms with Gasteiger partial charge in [-0.3, -0.25) is 4.79 Å². The number of hydrogen-bond acceptors (Lipinski definition) is 4. The monoisotopic (exact) mass is 420 g/mol. The van der Waals surface area contributed by atoms with Gasteiger partial charge in [-0.2, -0.15) is 4.31 Å². The van der Waals surface area contributed by atoms with Crippen molar-refractivity contribution in [3.63, 3.8) is 0 Å². The first kappa shape index (κ1) is 20.7. The first-order valence-electron chi connectivity index (χ1n) is 10.9. The average Bonchev–Trinajstić information content (AvgIpc) is 3.60. The van der Waals surface area contributed by atoms with Gasteiger partial charge in [0.2, 0.25) is 10.0 Å². The number of hydrogen-bond donors (Lipinski definition) is 0. The van der Waals surface area contributed by atoms with E-state index in [1.807, 2.05) is 4.90 Å². The van der Waals surface area contributed by atoms with Crippen LogP contribution in [0.4, 0.5) is 0 Å². The van der Waals surface area contributed by atoms with Crippen molar-refractivity contribution in [1.29, 1.82) is 0 Å². The predicted molar refractivity (Wildman–Crippen MR) is 112 cm³/mol. The highest BCUT2D eigenvalue weighted by Gasteiger charge is 2.42. The highest BCUT2D eigenvalue weighted by Crippen LogP contribution is 2.41. The molecule has 1 heterocycles. The van der Waals surface area contributed by atoms with E-state index in [0.717, 1.165) is 38.5 Å². The molecule has 0 spiro atoms. The Hall–Kier alpha value is -1.60. The van der Waals surface area contributed by atoms with Gasteiger partial charge in [-0.05, 0) is 69.6 Å². The van der Waals surface area contributed by atoms with Crippen LogP contribution >= 0.6 is 0 Å². The Labute approximate surface area is 174 Å². The number of benzene rings is 1. The third-order valence-corrected chi connectivity index (χ3v) is 8.43. The number of ether oxygens (including phenoxy) is 1. The maximum Gasteiger partial charge on any atom is 0.254 e. The van der Waals surface area contributed by atoms with Crippen LogP contribution in [0.15, 0.2) is 23.1 Å². The lowest BCUT2D eigenvalue weighted by Gasteiger charge is -2.30. The number of rotatable bonds is 7. The molecule has 7 heteroatoms. The molecule has 0 N–H and O–H groups in total. The third kappa shape index (κ3) is 4.31. The highest BCUT2D eigenvalue weighted by molar-refractivity contribution is 7.89. The third-order valence-electron chi connectivity index (χ3n) is 6.51. The average molecular weight is 421 g/mol. The summed E-state index contributed by atoms with van der Waals surface area (Å²) in [5.41, 5.74) is 0.443. The van der Waals surface area contributed by atoms with Crippen LogP contribution in [-0.4, -0.2) is 55.8 Å². The molecule has 6 nitrogen and oxygen atoms in total. The van der Waals surface area contributed by atoms with E-state index in [2.05, 4.69) is 6.92 Å². The van der Waals surface area contributed by atoms with Crippen molar-refractivity contribution in [2.75, 3.05) is 20.2 Å². The fourth-order valence-electron chi connectivity index (χ4n) is 4.42. The van der Waals surface area contributed by atoms with Gasteiger partial charge in [-0.1, -0.05) is 12.8 Å². The molecule has 160 valence electrons. The van der Waals surface area contributed by atoms with Crippen LogP contribution in [-0.2, 0) is 10.0 Å². The summed E-state index contributed by atoms with van der Waals surface area (Å²) in [6, 6.07) is 5.38. The van der Waals surface area contributed by atoms with E-state index in [4.69, 9.17) is 4.74 Å². The van der Waals surface area contributed by atoms with Crippen molar-refractivity contribution in [1.82, 2.24) is 9.21 Å². The summed E-state index contributed by atoms with van der Waals surface area (Å²) in [5.74, 6) is 0.832. The van der Waals surface area contributed by atoms with E-state index in [1.165, 1.54) is 26.0 Å². The number of sulfonamides is 1. The van der Waals surface area contributed by atoms with E-state index in [-0.39, 0.29) is 16.8 Å². The Morgan fingerprint density at radius 2 is 1.76 bits per heavy atom. The van der Waals surface area contributed by atoms with Crippen molar-refractivity contribution in [3.05, 3.63) is 23.8 Å². The first-order valence-corrected chi connectivity index (χ1v) is 12.4. The summed E-state index contributed by atoms with van der Waals surface area (Å²) < 4.78 is 33.7. The van der Waals surface area contributed by atoms with Crippen molar-refractivity contribution in [2.45, 2.75) is 75.3 Å². The van der Waals surface area contributed by atoms with Crippen LogP contribution in [0.25, 0.3) is 0 Å². The number of amides is 1. The van der Waals surface area contributed by atoms with Gasteiger partial charge >= 0.3 is 0 Å². The molecule has 1 aliphatic heterocycles. The van der Waals surface area contributed by atoms with Gasteiger partial charge < -0.3 is 9.64 Å². The first-order chi connectivity index (χ1) is 13.9. The van der Waals surface area contributed by atoms with Crippen molar-refractivity contribution in [3.8, 4) is 5.75 Å². The fourth-order valence-corrected chi connectivity index (χ4v) is 6.12. The van der Waals surface area contributed by atoms with Crippen molar-refractivity contribution in [2.24, 2.45) is 5.92 Å². The molecule has 3 fully saturated rings. The van der Waals surface area contributed by atoms with Gasteiger partial charge in [0.15, 0.2) is 0 Å². The summed E-state index contributed by atoms with van der Waals surface area (Å²) in [6.45, 7) is 3.18. The summed E-state index contributed by atoms with van der Waals surface area (Å²) in [6.07, 6.45) is 8.27. The Bertz CT molecular complexity index is 854. The Morgan fingerprint density at radius 3 is 2.31 bits per heavy atom. The summed E-state index contributed by atoms with van der Waals surface area (Å²) in [5, 5.41) is 0. The molecule has 1 aromatic rings. The minimum atomic E-state index is -3.70. The number of carbonyl (C=O) groups excluding carboxylic acids is 1. The van der Waals surface area contributed by atoms with Gasteiger partial charge in [0.05, 0.1) is 7.11 Å². The topological polar surface area (TPSA) is 66.9 Å². The van der Waals surface area contributed by atoms with Gasteiger partial charge in [-0.15, -0.1) is 0 Å². The van der Waals surface area contributed by atoms with Crippen molar-refractivity contribution < 1.29 is 17.9 Å². The summed E-state index contributed by atoms with van der Waals surface area (Å²) in [7, 11) is -2.22. The van der Waals surface area contributed by atoms with E-state index in [9.17, 15) is 13.2 Å². The molecule has 1 atom stereocenters. The van der Waals surface area contributed by atoms with Crippen molar-refractivity contribution >= 4 is 15.9 Å². The molecule has 2 saturated carbocycles. The molecule has 0 radical (unpaired) electrons. The molecule has 1 saturated heterocycles. The smallest absolute Gasteiger partial charge is 0.254 e.